The van der Waals surface area contributed by atoms with Gasteiger partial charge in [-0.1, -0.05) is 12.1 Å². The summed E-state index contributed by atoms with van der Waals surface area (Å²) in [5, 5.41) is 5.37. The van der Waals surface area contributed by atoms with E-state index >= 15 is 0 Å². The number of carbonyl (C=O) groups is 2. The Morgan fingerprint density at radius 1 is 1.17 bits per heavy atom. The summed E-state index contributed by atoms with van der Waals surface area (Å²) in [5.74, 6) is -1.24. The van der Waals surface area contributed by atoms with Crippen LogP contribution in [0.15, 0.2) is 18.2 Å². The summed E-state index contributed by atoms with van der Waals surface area (Å²) in [4.78, 5) is 28.8. The van der Waals surface area contributed by atoms with Gasteiger partial charge in [-0.3, -0.25) is 14.5 Å². The van der Waals surface area contributed by atoms with Crippen LogP contribution in [0.25, 0.3) is 0 Å². The van der Waals surface area contributed by atoms with Crippen LogP contribution >= 0.6 is 0 Å². The van der Waals surface area contributed by atoms with Crippen LogP contribution in [0.1, 0.15) is 23.6 Å². The van der Waals surface area contributed by atoms with Gasteiger partial charge in [-0.2, -0.15) is 0 Å². The van der Waals surface area contributed by atoms with Crippen molar-refractivity contribution in [2.45, 2.75) is 18.9 Å². The lowest BCUT2D eigenvalue weighted by Gasteiger charge is -2.36. The van der Waals surface area contributed by atoms with Crippen molar-refractivity contribution in [1.82, 2.24) is 15.5 Å². The van der Waals surface area contributed by atoms with Gasteiger partial charge in [0.2, 0.25) is 0 Å². The van der Waals surface area contributed by atoms with Crippen molar-refractivity contribution >= 4 is 17.5 Å². The van der Waals surface area contributed by atoms with Crippen LogP contribution in [-0.4, -0.2) is 83.4 Å². The van der Waals surface area contributed by atoms with Crippen LogP contribution < -0.4 is 15.5 Å². The second-order valence-corrected chi connectivity index (χ2v) is 7.54. The van der Waals surface area contributed by atoms with Crippen LogP contribution in [0.4, 0.5) is 5.69 Å². The number of hydrogen-bond acceptors (Lipinski definition) is 6. The van der Waals surface area contributed by atoms with Gasteiger partial charge >= 0.3 is 11.8 Å². The topological polar surface area (TPSA) is 83.1 Å². The maximum Gasteiger partial charge on any atom is 0.309 e. The van der Waals surface area contributed by atoms with Gasteiger partial charge in [-0.15, -0.1) is 0 Å². The van der Waals surface area contributed by atoms with Crippen molar-refractivity contribution in [2.24, 2.45) is 0 Å². The molecule has 2 amide bonds. The molecule has 1 aromatic carbocycles. The van der Waals surface area contributed by atoms with E-state index in [1.54, 1.807) is 7.11 Å². The fourth-order valence-corrected chi connectivity index (χ4v) is 3.98. The fourth-order valence-electron chi connectivity index (χ4n) is 3.98. The van der Waals surface area contributed by atoms with Gasteiger partial charge in [-0.05, 0) is 30.0 Å². The van der Waals surface area contributed by atoms with E-state index in [0.717, 1.165) is 32.5 Å². The first kappa shape index (κ1) is 21.5. The number of ether oxygens (including phenoxy) is 2. The summed E-state index contributed by atoms with van der Waals surface area (Å²) in [6.45, 7) is 5.10. The quantitative estimate of drug-likeness (QED) is 0.503. The highest BCUT2D eigenvalue weighted by Gasteiger charge is 2.26. The third-order valence-electron chi connectivity index (χ3n) is 5.58. The number of nitrogens with zero attached hydrogens (tertiary/aromatic N) is 2. The van der Waals surface area contributed by atoms with Crippen molar-refractivity contribution in [3.8, 4) is 0 Å². The van der Waals surface area contributed by atoms with E-state index in [2.05, 4.69) is 45.7 Å². The molecule has 8 nitrogen and oxygen atoms in total. The number of hydrogen-bond donors (Lipinski definition) is 2. The molecule has 0 saturated carbocycles. The molecule has 0 spiro atoms. The van der Waals surface area contributed by atoms with Gasteiger partial charge in [-0.25, -0.2) is 0 Å². The first-order valence-corrected chi connectivity index (χ1v) is 10.3. The Balaban J connectivity index is 1.70. The Hall–Kier alpha value is -2.16. The molecule has 1 saturated heterocycles. The Bertz CT molecular complexity index is 706. The van der Waals surface area contributed by atoms with E-state index in [1.165, 1.54) is 16.8 Å². The summed E-state index contributed by atoms with van der Waals surface area (Å²) in [6, 6.07) is 6.59. The number of aryl methyl sites for hydroxylation is 1. The molecule has 2 aliphatic heterocycles. The molecule has 8 heteroatoms. The van der Waals surface area contributed by atoms with Gasteiger partial charge in [0.25, 0.3) is 0 Å². The normalized spacial score (nSPS) is 18.1. The van der Waals surface area contributed by atoms with E-state index in [1.807, 2.05) is 0 Å². The highest BCUT2D eigenvalue weighted by Crippen LogP contribution is 2.30. The van der Waals surface area contributed by atoms with Crippen LogP contribution in [0.3, 0.4) is 0 Å². The Labute approximate surface area is 172 Å². The van der Waals surface area contributed by atoms with Crippen LogP contribution in [0.2, 0.25) is 0 Å². The maximum atomic E-state index is 12.2. The van der Waals surface area contributed by atoms with Gasteiger partial charge in [0.15, 0.2) is 0 Å². The first-order chi connectivity index (χ1) is 14.1. The number of morpholine rings is 1. The van der Waals surface area contributed by atoms with E-state index in [-0.39, 0.29) is 6.04 Å². The van der Waals surface area contributed by atoms with Gasteiger partial charge in [0.1, 0.15) is 0 Å². The highest BCUT2D eigenvalue weighted by atomic mass is 16.5. The molecule has 1 aromatic rings. The molecular formula is C21H32N4O4. The molecule has 2 aliphatic rings. The molecule has 0 aliphatic carbocycles. The minimum atomic E-state index is -0.630. The Kier molecular flexibility index (Phi) is 7.85. The van der Waals surface area contributed by atoms with E-state index in [0.29, 0.717) is 32.9 Å². The second-order valence-electron chi connectivity index (χ2n) is 7.54. The standard InChI is InChI=1S/C21H32N4O4/c1-24-8-3-4-16-14-17(5-6-18(16)24)19(25-9-12-29-13-10-25)15-23-21(27)20(26)22-7-11-28-2/h5-6,14,19H,3-4,7-13,15H2,1-2H3,(H,22,26)(H,23,27)/t19-/m1/s1. The first-order valence-electron chi connectivity index (χ1n) is 10.3. The smallest absolute Gasteiger partial charge is 0.309 e. The zero-order valence-electron chi connectivity index (χ0n) is 17.4. The summed E-state index contributed by atoms with van der Waals surface area (Å²) in [7, 11) is 3.68. The number of amides is 2. The number of benzene rings is 1. The monoisotopic (exact) mass is 404 g/mol. The molecule has 0 radical (unpaired) electrons. The molecule has 160 valence electrons. The Morgan fingerprint density at radius 2 is 1.93 bits per heavy atom. The molecule has 0 unspecified atom stereocenters. The van der Waals surface area contributed by atoms with Gasteiger partial charge < -0.3 is 25.0 Å². The minimum Gasteiger partial charge on any atom is -0.383 e. The third-order valence-corrected chi connectivity index (χ3v) is 5.58. The maximum absolute atomic E-state index is 12.2. The summed E-state index contributed by atoms with van der Waals surface area (Å²) >= 11 is 0. The van der Waals surface area contributed by atoms with E-state index in [9.17, 15) is 9.59 Å². The summed E-state index contributed by atoms with van der Waals surface area (Å²) in [5.41, 5.74) is 3.79. The van der Waals surface area contributed by atoms with Crippen LogP contribution in [0.5, 0.6) is 0 Å². The lowest BCUT2D eigenvalue weighted by atomic mass is 9.95. The molecule has 0 bridgehead atoms. The highest BCUT2D eigenvalue weighted by molar-refractivity contribution is 6.35. The lowest BCUT2D eigenvalue weighted by Crippen LogP contribution is -2.47. The number of rotatable bonds is 7. The predicted octanol–water partition coefficient (Wildman–Crippen LogP) is 0.321. The van der Waals surface area contributed by atoms with Crippen molar-refractivity contribution < 1.29 is 19.1 Å². The van der Waals surface area contributed by atoms with Crippen LogP contribution in [-0.2, 0) is 25.5 Å². The molecule has 1 fully saturated rings. The molecule has 2 heterocycles. The molecule has 3 rings (SSSR count). The predicted molar refractivity (Wildman–Crippen MR) is 111 cm³/mol. The SMILES string of the molecule is COCCNC(=O)C(=O)NC[C@H](c1ccc2c(c1)CCCN2C)N1CCOCC1. The van der Waals surface area contributed by atoms with Crippen molar-refractivity contribution in [3.05, 3.63) is 29.3 Å². The zero-order valence-corrected chi connectivity index (χ0v) is 17.4. The van der Waals surface area contributed by atoms with Crippen LogP contribution in [0, 0.1) is 0 Å². The fraction of sp³-hybridized carbons (Fsp3) is 0.619. The number of fused-ring (bicyclic) bond motifs is 1. The lowest BCUT2D eigenvalue weighted by molar-refractivity contribution is -0.139. The third kappa shape index (κ3) is 5.68. The average Bonchev–Trinajstić information content (AvgIpc) is 2.74. The minimum absolute atomic E-state index is 0.00663. The largest absolute Gasteiger partial charge is 0.383 e. The molecule has 29 heavy (non-hydrogen) atoms. The van der Waals surface area contributed by atoms with E-state index < -0.39 is 11.8 Å². The zero-order chi connectivity index (χ0) is 20.6. The van der Waals surface area contributed by atoms with Gasteiger partial charge in [0, 0.05) is 52.6 Å². The van der Waals surface area contributed by atoms with Crippen molar-refractivity contribution in [2.75, 3.05) is 71.6 Å². The van der Waals surface area contributed by atoms with Crippen molar-refractivity contribution in [3.63, 3.8) is 0 Å². The van der Waals surface area contributed by atoms with E-state index in [4.69, 9.17) is 9.47 Å². The van der Waals surface area contributed by atoms with Crippen molar-refractivity contribution in [1.29, 1.82) is 0 Å². The molecule has 1 atom stereocenters. The Morgan fingerprint density at radius 3 is 2.69 bits per heavy atom. The summed E-state index contributed by atoms with van der Waals surface area (Å²) < 4.78 is 10.4. The molecule has 2 N–H and O–H groups in total. The number of anilines is 1. The number of methoxy groups -OCH3 is 1. The average molecular weight is 405 g/mol. The second kappa shape index (κ2) is 10.6. The molecular weight excluding hydrogens is 372 g/mol. The number of nitrogens with one attached hydrogen (secondary N) is 2. The number of carbonyl (C=O) groups excluding carboxylic acids is 2. The summed E-state index contributed by atoms with van der Waals surface area (Å²) in [6.07, 6.45) is 2.21. The van der Waals surface area contributed by atoms with Gasteiger partial charge in [0.05, 0.1) is 25.9 Å². The molecule has 0 aromatic heterocycles.